The molecule has 2 aliphatic rings. The first-order chi connectivity index (χ1) is 5.86. The topological polar surface area (TPSA) is 29.6 Å². The number of ketones is 1. The van der Waals surface area contributed by atoms with E-state index in [4.69, 9.17) is 4.74 Å². The highest BCUT2D eigenvalue weighted by Gasteiger charge is 2.77. The molecule has 0 spiro atoms. The van der Waals surface area contributed by atoms with Crippen molar-refractivity contribution >= 4 is 5.78 Å². The van der Waals surface area contributed by atoms with Gasteiger partial charge in [0.1, 0.15) is 5.60 Å². The fourth-order valence-corrected chi connectivity index (χ4v) is 3.36. The van der Waals surface area contributed by atoms with E-state index < -0.39 is 5.60 Å². The number of epoxide rings is 1. The first kappa shape index (κ1) is 9.20. The molecular weight excluding hydrogens is 164 g/mol. The van der Waals surface area contributed by atoms with Crippen molar-refractivity contribution in [3.63, 3.8) is 0 Å². The number of carbonyl (C=O) groups excluding carboxylic acids is 1. The monoisotopic (exact) mass is 182 g/mol. The van der Waals surface area contributed by atoms with E-state index in [1.54, 1.807) is 6.92 Å². The number of fused-ring (bicyclic) bond motifs is 1. The van der Waals surface area contributed by atoms with Crippen molar-refractivity contribution in [1.29, 1.82) is 0 Å². The van der Waals surface area contributed by atoms with Gasteiger partial charge in [0.25, 0.3) is 0 Å². The van der Waals surface area contributed by atoms with Crippen molar-refractivity contribution < 1.29 is 9.53 Å². The van der Waals surface area contributed by atoms with Crippen LogP contribution in [0.1, 0.15) is 47.0 Å². The summed E-state index contributed by atoms with van der Waals surface area (Å²) >= 11 is 0. The Hall–Kier alpha value is -0.370. The van der Waals surface area contributed by atoms with Crippen molar-refractivity contribution in [1.82, 2.24) is 0 Å². The lowest BCUT2D eigenvalue weighted by molar-refractivity contribution is -0.126. The molecule has 74 valence electrons. The molecule has 1 saturated carbocycles. The maximum Gasteiger partial charge on any atom is 0.165 e. The van der Waals surface area contributed by atoms with Gasteiger partial charge in [-0.25, -0.2) is 0 Å². The third kappa shape index (κ3) is 0.850. The van der Waals surface area contributed by atoms with E-state index in [9.17, 15) is 4.79 Å². The van der Waals surface area contributed by atoms with Crippen LogP contribution in [0, 0.1) is 5.41 Å². The largest absolute Gasteiger partial charge is 0.354 e. The van der Waals surface area contributed by atoms with Gasteiger partial charge in [0.15, 0.2) is 11.4 Å². The molecule has 2 nitrogen and oxygen atoms in total. The highest BCUT2D eigenvalue weighted by atomic mass is 16.6. The standard InChI is InChI=1S/C11H18O2/c1-8(12)11-9(2,3)6-5-7-10(11,4)13-11/h5-7H2,1-4H3/t10-,11+/m0/s1. The highest BCUT2D eigenvalue weighted by Crippen LogP contribution is 2.65. The van der Waals surface area contributed by atoms with Gasteiger partial charge in [-0.2, -0.15) is 0 Å². The first-order valence-electron chi connectivity index (χ1n) is 5.07. The molecule has 0 aromatic heterocycles. The second-order valence-corrected chi connectivity index (χ2v) is 5.31. The molecule has 1 aliphatic carbocycles. The predicted octanol–water partition coefficient (Wildman–Crippen LogP) is 2.31. The third-order valence-electron chi connectivity index (χ3n) is 3.99. The predicted molar refractivity (Wildman–Crippen MR) is 50.5 cm³/mol. The molecule has 2 heteroatoms. The van der Waals surface area contributed by atoms with Crippen LogP contribution in [0.25, 0.3) is 0 Å². The SMILES string of the molecule is CC(=O)[C@]12O[C@@]1(C)CCCC2(C)C. The Labute approximate surface area is 79.7 Å². The minimum Gasteiger partial charge on any atom is -0.354 e. The summed E-state index contributed by atoms with van der Waals surface area (Å²) in [4.78, 5) is 11.7. The first-order valence-corrected chi connectivity index (χ1v) is 5.07. The zero-order valence-electron chi connectivity index (χ0n) is 8.94. The lowest BCUT2D eigenvalue weighted by Crippen LogP contribution is -2.47. The van der Waals surface area contributed by atoms with Crippen molar-refractivity contribution in [2.75, 3.05) is 0 Å². The Bertz CT molecular complexity index is 269. The number of hydrogen-bond acceptors (Lipinski definition) is 2. The molecule has 0 aromatic rings. The van der Waals surface area contributed by atoms with Crippen LogP contribution in [0.15, 0.2) is 0 Å². The fourth-order valence-electron chi connectivity index (χ4n) is 3.36. The van der Waals surface area contributed by atoms with Crippen molar-refractivity contribution in [2.45, 2.75) is 58.2 Å². The molecule has 0 bridgehead atoms. The molecule has 1 aliphatic heterocycles. The fraction of sp³-hybridized carbons (Fsp3) is 0.909. The van der Waals surface area contributed by atoms with Crippen LogP contribution < -0.4 is 0 Å². The molecular formula is C11H18O2. The van der Waals surface area contributed by atoms with E-state index in [1.807, 2.05) is 0 Å². The van der Waals surface area contributed by atoms with E-state index in [0.29, 0.717) is 0 Å². The molecule has 0 aromatic carbocycles. The molecule has 1 saturated heterocycles. The molecule has 2 atom stereocenters. The lowest BCUT2D eigenvalue weighted by atomic mass is 9.63. The van der Waals surface area contributed by atoms with Gasteiger partial charge >= 0.3 is 0 Å². The van der Waals surface area contributed by atoms with Crippen LogP contribution in [-0.2, 0) is 9.53 Å². The molecule has 13 heavy (non-hydrogen) atoms. The van der Waals surface area contributed by atoms with Gasteiger partial charge in [0, 0.05) is 5.41 Å². The Morgan fingerprint density at radius 1 is 1.23 bits per heavy atom. The smallest absolute Gasteiger partial charge is 0.165 e. The van der Waals surface area contributed by atoms with Gasteiger partial charge in [0.2, 0.25) is 0 Å². The molecule has 2 rings (SSSR count). The minimum absolute atomic E-state index is 0.0197. The van der Waals surface area contributed by atoms with Crippen LogP contribution in [0.2, 0.25) is 0 Å². The van der Waals surface area contributed by atoms with Crippen LogP contribution in [0.5, 0.6) is 0 Å². The zero-order valence-corrected chi connectivity index (χ0v) is 8.94. The molecule has 1 heterocycles. The molecule has 0 radical (unpaired) electrons. The minimum atomic E-state index is -0.460. The molecule has 0 N–H and O–H groups in total. The Morgan fingerprint density at radius 2 is 1.85 bits per heavy atom. The highest BCUT2D eigenvalue weighted by molar-refractivity contribution is 5.91. The Kier molecular flexibility index (Phi) is 1.53. The summed E-state index contributed by atoms with van der Waals surface area (Å²) in [5.74, 6) is 0.208. The van der Waals surface area contributed by atoms with Crippen molar-refractivity contribution in [3.05, 3.63) is 0 Å². The summed E-state index contributed by atoms with van der Waals surface area (Å²) < 4.78 is 5.78. The zero-order chi connectivity index (χ0) is 9.91. The average molecular weight is 182 g/mol. The summed E-state index contributed by atoms with van der Waals surface area (Å²) in [7, 11) is 0. The molecule has 0 amide bonds. The van der Waals surface area contributed by atoms with Crippen LogP contribution in [0.3, 0.4) is 0 Å². The Balaban J connectivity index is 2.41. The van der Waals surface area contributed by atoms with E-state index in [0.717, 1.165) is 12.8 Å². The van der Waals surface area contributed by atoms with Gasteiger partial charge < -0.3 is 4.74 Å². The van der Waals surface area contributed by atoms with Crippen molar-refractivity contribution in [2.24, 2.45) is 5.41 Å². The molecule has 0 unspecified atom stereocenters. The summed E-state index contributed by atoms with van der Waals surface area (Å²) in [6.45, 7) is 8.05. The maximum atomic E-state index is 11.7. The number of rotatable bonds is 1. The second-order valence-electron chi connectivity index (χ2n) is 5.31. The van der Waals surface area contributed by atoms with E-state index in [2.05, 4.69) is 20.8 Å². The van der Waals surface area contributed by atoms with Crippen LogP contribution in [-0.4, -0.2) is 17.0 Å². The van der Waals surface area contributed by atoms with Crippen LogP contribution in [0.4, 0.5) is 0 Å². The lowest BCUT2D eigenvalue weighted by Gasteiger charge is -2.36. The van der Waals surface area contributed by atoms with E-state index >= 15 is 0 Å². The second kappa shape index (κ2) is 2.17. The number of carbonyl (C=O) groups is 1. The van der Waals surface area contributed by atoms with E-state index in [-0.39, 0.29) is 16.8 Å². The molecule has 2 fully saturated rings. The third-order valence-corrected chi connectivity index (χ3v) is 3.99. The van der Waals surface area contributed by atoms with Crippen molar-refractivity contribution in [3.8, 4) is 0 Å². The number of ether oxygens (including phenoxy) is 1. The Morgan fingerprint density at radius 3 is 2.23 bits per heavy atom. The maximum absolute atomic E-state index is 11.7. The van der Waals surface area contributed by atoms with Gasteiger partial charge in [0.05, 0.1) is 0 Å². The van der Waals surface area contributed by atoms with E-state index in [1.165, 1.54) is 6.42 Å². The van der Waals surface area contributed by atoms with Gasteiger partial charge in [-0.1, -0.05) is 13.8 Å². The van der Waals surface area contributed by atoms with Gasteiger partial charge in [-0.15, -0.1) is 0 Å². The summed E-state index contributed by atoms with van der Waals surface area (Å²) in [6, 6.07) is 0. The quantitative estimate of drug-likeness (QED) is 0.582. The van der Waals surface area contributed by atoms with Crippen LogP contribution >= 0.6 is 0 Å². The summed E-state index contributed by atoms with van der Waals surface area (Å²) in [5, 5.41) is 0. The number of hydrogen-bond donors (Lipinski definition) is 0. The van der Waals surface area contributed by atoms with Gasteiger partial charge in [-0.05, 0) is 33.1 Å². The summed E-state index contributed by atoms with van der Waals surface area (Å²) in [5.41, 5.74) is -0.593. The number of Topliss-reactive ketones (excluding diaryl/α,β-unsaturated/α-hetero) is 1. The average Bonchev–Trinajstić information content (AvgIpc) is 2.58. The summed E-state index contributed by atoms with van der Waals surface area (Å²) in [6.07, 6.45) is 3.32. The van der Waals surface area contributed by atoms with Gasteiger partial charge in [-0.3, -0.25) is 4.79 Å². The normalized spacial score (nSPS) is 46.8.